The highest BCUT2D eigenvalue weighted by atomic mass is 16.2. The van der Waals surface area contributed by atoms with Crippen LogP contribution in [0.4, 0.5) is 0 Å². The summed E-state index contributed by atoms with van der Waals surface area (Å²) in [4.78, 5) is 31.7. The molecule has 1 aliphatic carbocycles. The van der Waals surface area contributed by atoms with E-state index < -0.39 is 5.91 Å². The van der Waals surface area contributed by atoms with Crippen LogP contribution in [0.15, 0.2) is 30.5 Å². The molecule has 1 aromatic heterocycles. The first-order chi connectivity index (χ1) is 11.0. The summed E-state index contributed by atoms with van der Waals surface area (Å²) < 4.78 is 0. The first-order valence-corrected chi connectivity index (χ1v) is 7.55. The molecule has 2 amide bonds. The Hall–Kier alpha value is -2.76. The lowest BCUT2D eigenvalue weighted by molar-refractivity contribution is 0.0932. The number of nitrogens with one attached hydrogen (secondary N) is 1. The second kappa shape index (κ2) is 6.16. The van der Waals surface area contributed by atoms with Crippen LogP contribution in [0.25, 0.3) is 0 Å². The highest BCUT2D eigenvalue weighted by Crippen LogP contribution is 2.20. The zero-order valence-electron chi connectivity index (χ0n) is 12.9. The number of aryl methyl sites for hydroxylation is 2. The molecule has 1 unspecified atom stereocenters. The SMILES string of the molecule is Cc1ccccc1C(=O)NC1CCc2nc(C(N)=O)ncc2C1. The Morgan fingerprint density at radius 1 is 1.30 bits per heavy atom. The van der Waals surface area contributed by atoms with Crippen LogP contribution in [0, 0.1) is 6.92 Å². The Labute approximate surface area is 134 Å². The molecule has 23 heavy (non-hydrogen) atoms. The van der Waals surface area contributed by atoms with Gasteiger partial charge in [0.05, 0.1) is 0 Å². The Morgan fingerprint density at radius 2 is 2.09 bits per heavy atom. The molecule has 3 N–H and O–H groups in total. The summed E-state index contributed by atoms with van der Waals surface area (Å²) in [5.74, 6) is -0.639. The maximum Gasteiger partial charge on any atom is 0.286 e. The molecule has 0 fully saturated rings. The second-order valence-electron chi connectivity index (χ2n) is 5.76. The van der Waals surface area contributed by atoms with Gasteiger partial charge in [0.1, 0.15) is 0 Å². The van der Waals surface area contributed by atoms with Crippen LogP contribution in [0.1, 0.15) is 44.2 Å². The van der Waals surface area contributed by atoms with Crippen molar-refractivity contribution >= 4 is 11.8 Å². The van der Waals surface area contributed by atoms with E-state index >= 15 is 0 Å². The van der Waals surface area contributed by atoms with Crippen LogP contribution in [-0.4, -0.2) is 27.8 Å². The van der Waals surface area contributed by atoms with Crippen molar-refractivity contribution in [3.63, 3.8) is 0 Å². The van der Waals surface area contributed by atoms with Gasteiger partial charge in [-0.05, 0) is 43.4 Å². The van der Waals surface area contributed by atoms with Crippen LogP contribution < -0.4 is 11.1 Å². The Morgan fingerprint density at radius 3 is 2.83 bits per heavy atom. The van der Waals surface area contributed by atoms with Gasteiger partial charge in [0, 0.05) is 23.5 Å². The summed E-state index contributed by atoms with van der Waals surface area (Å²) in [6, 6.07) is 7.56. The minimum absolute atomic E-state index is 0.0395. The van der Waals surface area contributed by atoms with Crippen LogP contribution in [0.5, 0.6) is 0 Å². The quantitative estimate of drug-likeness (QED) is 0.889. The number of amides is 2. The Kier molecular flexibility index (Phi) is 4.06. The lowest BCUT2D eigenvalue weighted by Gasteiger charge is -2.25. The van der Waals surface area contributed by atoms with Gasteiger partial charge in [-0.1, -0.05) is 18.2 Å². The average Bonchev–Trinajstić information content (AvgIpc) is 2.54. The van der Waals surface area contributed by atoms with Crippen LogP contribution in [0.2, 0.25) is 0 Å². The van der Waals surface area contributed by atoms with Crippen molar-refractivity contribution in [3.05, 3.63) is 58.7 Å². The number of nitrogens with zero attached hydrogens (tertiary/aromatic N) is 2. The van der Waals surface area contributed by atoms with Gasteiger partial charge in [0.2, 0.25) is 5.82 Å². The Bertz CT molecular complexity index is 773. The van der Waals surface area contributed by atoms with E-state index in [1.165, 1.54) is 0 Å². The topological polar surface area (TPSA) is 98.0 Å². The zero-order valence-corrected chi connectivity index (χ0v) is 12.9. The van der Waals surface area contributed by atoms with Crippen molar-refractivity contribution in [1.82, 2.24) is 15.3 Å². The van der Waals surface area contributed by atoms with Crippen molar-refractivity contribution in [1.29, 1.82) is 0 Å². The molecule has 1 atom stereocenters. The molecule has 1 aliphatic rings. The van der Waals surface area contributed by atoms with Gasteiger partial charge in [0.25, 0.3) is 11.8 Å². The van der Waals surface area contributed by atoms with Crippen molar-refractivity contribution in [2.24, 2.45) is 5.73 Å². The average molecular weight is 310 g/mol. The number of rotatable bonds is 3. The largest absolute Gasteiger partial charge is 0.363 e. The molecule has 0 spiro atoms. The molecule has 1 heterocycles. The van der Waals surface area contributed by atoms with Crippen molar-refractivity contribution in [2.45, 2.75) is 32.2 Å². The molecule has 0 radical (unpaired) electrons. The van der Waals surface area contributed by atoms with Crippen molar-refractivity contribution < 1.29 is 9.59 Å². The second-order valence-corrected chi connectivity index (χ2v) is 5.76. The Balaban J connectivity index is 1.72. The lowest BCUT2D eigenvalue weighted by Crippen LogP contribution is -2.39. The van der Waals surface area contributed by atoms with Gasteiger partial charge in [-0.2, -0.15) is 0 Å². The van der Waals surface area contributed by atoms with Gasteiger partial charge in [0.15, 0.2) is 0 Å². The number of aromatic nitrogens is 2. The number of hydrogen-bond donors (Lipinski definition) is 2. The minimum atomic E-state index is -0.622. The highest BCUT2D eigenvalue weighted by Gasteiger charge is 2.23. The summed E-state index contributed by atoms with van der Waals surface area (Å²) in [5, 5.41) is 3.07. The summed E-state index contributed by atoms with van der Waals surface area (Å²) >= 11 is 0. The van der Waals surface area contributed by atoms with Gasteiger partial charge in [-0.25, -0.2) is 9.97 Å². The predicted molar refractivity (Wildman–Crippen MR) is 85.0 cm³/mol. The predicted octanol–water partition coefficient (Wildman–Crippen LogP) is 1.17. The number of hydrogen-bond acceptors (Lipinski definition) is 4. The van der Waals surface area contributed by atoms with Gasteiger partial charge in [-0.3, -0.25) is 9.59 Å². The molecule has 118 valence electrons. The smallest absolute Gasteiger partial charge is 0.286 e. The molecule has 0 bridgehead atoms. The van der Waals surface area contributed by atoms with Crippen LogP contribution in [0.3, 0.4) is 0 Å². The summed E-state index contributed by atoms with van der Waals surface area (Å²) in [5.41, 5.74) is 8.64. The minimum Gasteiger partial charge on any atom is -0.363 e. The highest BCUT2D eigenvalue weighted by molar-refractivity contribution is 5.95. The zero-order chi connectivity index (χ0) is 16.4. The molecule has 6 nitrogen and oxygen atoms in total. The molecular formula is C17H18N4O2. The third-order valence-electron chi connectivity index (χ3n) is 4.10. The standard InChI is InChI=1S/C17H18N4O2/c1-10-4-2-3-5-13(10)17(23)20-12-6-7-14-11(8-12)9-19-16(21-14)15(18)22/h2-5,9,12H,6-8H2,1H3,(H2,18,22)(H,20,23). The van der Waals surface area contributed by atoms with E-state index in [1.54, 1.807) is 6.20 Å². The third kappa shape index (κ3) is 3.21. The van der Waals surface area contributed by atoms with E-state index in [9.17, 15) is 9.59 Å². The van der Waals surface area contributed by atoms with Gasteiger partial charge >= 0.3 is 0 Å². The molecular weight excluding hydrogens is 292 g/mol. The van der Waals surface area contributed by atoms with Gasteiger partial charge < -0.3 is 11.1 Å². The molecule has 0 saturated carbocycles. The lowest BCUT2D eigenvalue weighted by atomic mass is 9.92. The number of carbonyl (C=O) groups is 2. The molecule has 6 heteroatoms. The fourth-order valence-corrected chi connectivity index (χ4v) is 2.84. The fraction of sp³-hybridized carbons (Fsp3) is 0.294. The number of nitrogens with two attached hydrogens (primary N) is 1. The number of benzene rings is 1. The summed E-state index contributed by atoms with van der Waals surface area (Å²) in [6.45, 7) is 1.92. The number of carbonyl (C=O) groups excluding carboxylic acids is 2. The molecule has 2 aromatic rings. The first-order valence-electron chi connectivity index (χ1n) is 7.55. The molecule has 0 saturated heterocycles. The van der Waals surface area contributed by atoms with E-state index in [2.05, 4.69) is 15.3 Å². The fourth-order valence-electron chi connectivity index (χ4n) is 2.84. The number of fused-ring (bicyclic) bond motifs is 1. The summed E-state index contributed by atoms with van der Waals surface area (Å²) in [6.07, 6.45) is 3.76. The van der Waals surface area contributed by atoms with Crippen molar-refractivity contribution in [2.75, 3.05) is 0 Å². The third-order valence-corrected chi connectivity index (χ3v) is 4.10. The van der Waals surface area contributed by atoms with E-state index in [0.717, 1.165) is 23.2 Å². The van der Waals surface area contributed by atoms with E-state index in [-0.39, 0.29) is 17.8 Å². The normalized spacial score (nSPS) is 16.5. The van der Waals surface area contributed by atoms with Crippen LogP contribution in [-0.2, 0) is 12.8 Å². The van der Waals surface area contributed by atoms with Crippen LogP contribution >= 0.6 is 0 Å². The van der Waals surface area contributed by atoms with Gasteiger partial charge in [-0.15, -0.1) is 0 Å². The number of primary amides is 1. The monoisotopic (exact) mass is 310 g/mol. The maximum atomic E-state index is 12.4. The summed E-state index contributed by atoms with van der Waals surface area (Å²) in [7, 11) is 0. The first kappa shape index (κ1) is 15.1. The van der Waals surface area contributed by atoms with E-state index in [0.29, 0.717) is 18.4 Å². The maximum absolute atomic E-state index is 12.4. The van der Waals surface area contributed by atoms with Crippen molar-refractivity contribution in [3.8, 4) is 0 Å². The molecule has 3 rings (SSSR count). The van der Waals surface area contributed by atoms with E-state index in [1.807, 2.05) is 31.2 Å². The molecule has 1 aromatic carbocycles. The van der Waals surface area contributed by atoms with E-state index in [4.69, 9.17) is 5.73 Å². The molecule has 0 aliphatic heterocycles.